The Morgan fingerprint density at radius 1 is 1.29 bits per heavy atom. The smallest absolute Gasteiger partial charge is 0.255 e. The van der Waals surface area contributed by atoms with Crippen molar-refractivity contribution in [3.8, 4) is 5.69 Å². The molecule has 1 fully saturated rings. The van der Waals surface area contributed by atoms with Gasteiger partial charge in [-0.05, 0) is 51.0 Å². The molecule has 0 unspecified atom stereocenters. The summed E-state index contributed by atoms with van der Waals surface area (Å²) in [5.74, 6) is -0.554. The number of benzene rings is 1. The van der Waals surface area contributed by atoms with Gasteiger partial charge in [-0.2, -0.15) is 5.10 Å². The lowest BCUT2D eigenvalue weighted by molar-refractivity contribution is 0.0449. The average Bonchev–Trinajstić information content (AvgIpc) is 3.10. The molecule has 1 amide bonds. The maximum absolute atomic E-state index is 13.1. The Hall–Kier alpha value is -2.21. The predicted octanol–water partition coefficient (Wildman–Crippen LogP) is 2.66. The highest BCUT2D eigenvalue weighted by Gasteiger charge is 2.32. The normalized spacial score (nSPS) is 16.3. The van der Waals surface area contributed by atoms with E-state index in [1.807, 2.05) is 6.92 Å². The molecule has 1 aliphatic rings. The molecule has 1 aliphatic carbocycles. The zero-order valence-electron chi connectivity index (χ0n) is 14.0. The fraction of sp³-hybridized carbons (Fsp3) is 0.444. The van der Waals surface area contributed by atoms with Crippen molar-refractivity contribution < 1.29 is 14.3 Å². The maximum atomic E-state index is 13.1. The van der Waals surface area contributed by atoms with Crippen LogP contribution in [0, 0.1) is 19.7 Å². The topological polar surface area (TPSA) is 67.2 Å². The van der Waals surface area contributed by atoms with Crippen LogP contribution >= 0.6 is 0 Å². The van der Waals surface area contributed by atoms with Crippen LogP contribution in [-0.2, 0) is 0 Å². The van der Waals surface area contributed by atoms with Gasteiger partial charge in [-0.3, -0.25) is 4.79 Å². The molecule has 0 radical (unpaired) electrons. The van der Waals surface area contributed by atoms with E-state index in [4.69, 9.17) is 0 Å². The average molecular weight is 331 g/mol. The van der Waals surface area contributed by atoms with Crippen LogP contribution in [0.2, 0.25) is 0 Å². The first-order valence-corrected chi connectivity index (χ1v) is 8.22. The Kier molecular flexibility index (Phi) is 4.41. The number of carbonyl (C=O) groups is 1. The number of halogens is 1. The quantitative estimate of drug-likeness (QED) is 0.905. The molecule has 128 valence electrons. The Balaban J connectivity index is 1.80. The predicted molar refractivity (Wildman–Crippen MR) is 88.7 cm³/mol. The molecule has 2 N–H and O–H groups in total. The largest absolute Gasteiger partial charge is 0.388 e. The van der Waals surface area contributed by atoms with Gasteiger partial charge in [0.15, 0.2) is 0 Å². The van der Waals surface area contributed by atoms with E-state index in [0.29, 0.717) is 22.6 Å². The van der Waals surface area contributed by atoms with Crippen molar-refractivity contribution in [2.24, 2.45) is 0 Å². The molecule has 0 spiro atoms. The Morgan fingerprint density at radius 3 is 2.54 bits per heavy atom. The Labute approximate surface area is 140 Å². The fourth-order valence-electron chi connectivity index (χ4n) is 3.35. The van der Waals surface area contributed by atoms with Crippen molar-refractivity contribution in [2.75, 3.05) is 6.54 Å². The zero-order chi connectivity index (χ0) is 17.3. The van der Waals surface area contributed by atoms with Gasteiger partial charge in [0.2, 0.25) is 0 Å². The lowest BCUT2D eigenvalue weighted by atomic mass is 10.0. The van der Waals surface area contributed by atoms with E-state index in [1.165, 1.54) is 12.1 Å². The molecular weight excluding hydrogens is 309 g/mol. The second kappa shape index (κ2) is 6.36. The maximum Gasteiger partial charge on any atom is 0.255 e. The molecule has 3 rings (SSSR count). The van der Waals surface area contributed by atoms with E-state index in [2.05, 4.69) is 10.4 Å². The van der Waals surface area contributed by atoms with Gasteiger partial charge in [0.1, 0.15) is 5.82 Å². The SMILES string of the molecule is Cc1nn(-c2ccc(F)cc2)c(C)c1C(=O)NCC1(O)CCCC1. The number of aromatic nitrogens is 2. The minimum atomic E-state index is -0.787. The highest BCUT2D eigenvalue weighted by atomic mass is 19.1. The van der Waals surface area contributed by atoms with Gasteiger partial charge in [0, 0.05) is 6.54 Å². The third-order valence-corrected chi connectivity index (χ3v) is 4.70. The molecule has 2 aromatic rings. The molecule has 0 aliphatic heterocycles. The molecule has 24 heavy (non-hydrogen) atoms. The minimum absolute atomic E-state index is 0.237. The van der Waals surface area contributed by atoms with Crippen LogP contribution in [0.25, 0.3) is 5.69 Å². The van der Waals surface area contributed by atoms with Crippen molar-refractivity contribution in [1.82, 2.24) is 15.1 Å². The Morgan fingerprint density at radius 2 is 1.92 bits per heavy atom. The third-order valence-electron chi connectivity index (χ3n) is 4.70. The fourth-order valence-corrected chi connectivity index (χ4v) is 3.35. The summed E-state index contributed by atoms with van der Waals surface area (Å²) in [6, 6.07) is 5.97. The van der Waals surface area contributed by atoms with Crippen LogP contribution in [0.1, 0.15) is 47.4 Å². The summed E-state index contributed by atoms with van der Waals surface area (Å²) in [6.07, 6.45) is 3.43. The van der Waals surface area contributed by atoms with E-state index in [-0.39, 0.29) is 18.3 Å². The van der Waals surface area contributed by atoms with Crippen molar-refractivity contribution in [3.63, 3.8) is 0 Å². The number of carbonyl (C=O) groups excluding carboxylic acids is 1. The van der Waals surface area contributed by atoms with E-state index in [1.54, 1.807) is 23.7 Å². The number of amides is 1. The van der Waals surface area contributed by atoms with E-state index < -0.39 is 5.60 Å². The van der Waals surface area contributed by atoms with Crippen LogP contribution < -0.4 is 5.32 Å². The lowest BCUT2D eigenvalue weighted by Gasteiger charge is -2.22. The summed E-state index contributed by atoms with van der Waals surface area (Å²) in [7, 11) is 0. The van der Waals surface area contributed by atoms with E-state index >= 15 is 0 Å². The highest BCUT2D eigenvalue weighted by molar-refractivity contribution is 5.96. The first kappa shape index (κ1) is 16.6. The second-order valence-electron chi connectivity index (χ2n) is 6.55. The van der Waals surface area contributed by atoms with Crippen LogP contribution in [0.3, 0.4) is 0 Å². The number of hydrogen-bond acceptors (Lipinski definition) is 3. The summed E-state index contributed by atoms with van der Waals surface area (Å²) in [5.41, 5.74) is 1.71. The summed E-state index contributed by atoms with van der Waals surface area (Å²) in [4.78, 5) is 12.5. The highest BCUT2D eigenvalue weighted by Crippen LogP contribution is 2.28. The lowest BCUT2D eigenvalue weighted by Crippen LogP contribution is -2.41. The minimum Gasteiger partial charge on any atom is -0.388 e. The molecular formula is C18H22FN3O2. The molecule has 0 bridgehead atoms. The van der Waals surface area contributed by atoms with Gasteiger partial charge < -0.3 is 10.4 Å². The third kappa shape index (κ3) is 3.19. The van der Waals surface area contributed by atoms with Crippen molar-refractivity contribution in [1.29, 1.82) is 0 Å². The zero-order valence-corrected chi connectivity index (χ0v) is 14.0. The number of rotatable bonds is 4. The Bertz CT molecular complexity index is 746. The molecule has 1 saturated carbocycles. The van der Waals surface area contributed by atoms with Crippen LogP contribution in [0.4, 0.5) is 4.39 Å². The van der Waals surface area contributed by atoms with Gasteiger partial charge in [-0.15, -0.1) is 0 Å². The van der Waals surface area contributed by atoms with Crippen LogP contribution in [0.5, 0.6) is 0 Å². The molecule has 5 nitrogen and oxygen atoms in total. The van der Waals surface area contributed by atoms with Gasteiger partial charge in [-0.1, -0.05) is 12.8 Å². The number of nitrogens with zero attached hydrogens (tertiary/aromatic N) is 2. The van der Waals surface area contributed by atoms with E-state index in [9.17, 15) is 14.3 Å². The van der Waals surface area contributed by atoms with Crippen LogP contribution in [-0.4, -0.2) is 32.9 Å². The first-order valence-electron chi connectivity index (χ1n) is 8.22. The van der Waals surface area contributed by atoms with Gasteiger partial charge in [-0.25, -0.2) is 9.07 Å². The first-order chi connectivity index (χ1) is 11.4. The van der Waals surface area contributed by atoms with Gasteiger partial charge in [0.25, 0.3) is 5.91 Å². The molecule has 1 aromatic carbocycles. The van der Waals surface area contributed by atoms with Gasteiger partial charge >= 0.3 is 0 Å². The number of aliphatic hydroxyl groups is 1. The molecule has 0 saturated heterocycles. The van der Waals surface area contributed by atoms with Crippen molar-refractivity contribution >= 4 is 5.91 Å². The molecule has 6 heteroatoms. The number of aryl methyl sites for hydroxylation is 1. The molecule has 1 aromatic heterocycles. The standard InChI is InChI=1S/C18H22FN3O2/c1-12-16(17(23)20-11-18(24)9-3-4-10-18)13(2)22(21-12)15-7-5-14(19)6-8-15/h5-8,24H,3-4,9-11H2,1-2H3,(H,20,23). The summed E-state index contributed by atoms with van der Waals surface area (Å²) in [6.45, 7) is 3.83. The molecule has 1 heterocycles. The summed E-state index contributed by atoms with van der Waals surface area (Å²) >= 11 is 0. The van der Waals surface area contributed by atoms with Crippen LogP contribution in [0.15, 0.2) is 24.3 Å². The monoisotopic (exact) mass is 331 g/mol. The summed E-state index contributed by atoms with van der Waals surface area (Å²) in [5, 5.41) is 17.6. The summed E-state index contributed by atoms with van der Waals surface area (Å²) < 4.78 is 14.7. The second-order valence-corrected chi connectivity index (χ2v) is 6.55. The molecule has 0 atom stereocenters. The van der Waals surface area contributed by atoms with Gasteiger partial charge in [0.05, 0.1) is 28.2 Å². The number of hydrogen-bond donors (Lipinski definition) is 2. The van der Waals surface area contributed by atoms with Crippen molar-refractivity contribution in [2.45, 2.75) is 45.1 Å². The van der Waals surface area contributed by atoms with E-state index in [0.717, 1.165) is 25.7 Å². The van der Waals surface area contributed by atoms with Crippen molar-refractivity contribution in [3.05, 3.63) is 47.0 Å². The number of nitrogens with one attached hydrogen (secondary N) is 1.